The van der Waals surface area contributed by atoms with Crippen LogP contribution in [0.25, 0.3) is 0 Å². The smallest absolute Gasteiger partial charge is 0.158 e. The van der Waals surface area contributed by atoms with Gasteiger partial charge in [-0.3, -0.25) is 4.79 Å². The van der Waals surface area contributed by atoms with Gasteiger partial charge >= 0.3 is 0 Å². The Balaban J connectivity index is 2.90. The molecule has 1 atom stereocenters. The van der Waals surface area contributed by atoms with Gasteiger partial charge < -0.3 is 0 Å². The van der Waals surface area contributed by atoms with Gasteiger partial charge in [0.2, 0.25) is 0 Å². The summed E-state index contributed by atoms with van der Waals surface area (Å²) in [7, 11) is 0. The molecule has 0 amide bonds. The fourth-order valence-corrected chi connectivity index (χ4v) is 2.91. The van der Waals surface area contributed by atoms with Crippen molar-refractivity contribution >= 4 is 5.78 Å². The molecule has 0 bridgehead atoms. The van der Waals surface area contributed by atoms with E-state index in [2.05, 4.69) is 46.8 Å². The zero-order valence-corrected chi connectivity index (χ0v) is 14.5. The van der Waals surface area contributed by atoms with Crippen LogP contribution >= 0.6 is 0 Å². The average molecular weight is 288 g/mol. The number of hydrogen-bond acceptors (Lipinski definition) is 1. The molecule has 0 saturated heterocycles. The van der Waals surface area contributed by atoms with Crippen molar-refractivity contribution in [2.45, 2.75) is 73.1 Å². The number of carbonyl (C=O) groups is 1. The fraction of sp³-hybridized carbons (Fsp3) is 0.650. The van der Waals surface area contributed by atoms with E-state index in [0.29, 0.717) is 11.7 Å². The molecular formula is C20H32O. The van der Waals surface area contributed by atoms with Gasteiger partial charge in [0.25, 0.3) is 0 Å². The summed E-state index contributed by atoms with van der Waals surface area (Å²) in [6.45, 7) is 10.8. The summed E-state index contributed by atoms with van der Waals surface area (Å²) in [6.07, 6.45) is 13.0. The van der Waals surface area contributed by atoms with E-state index >= 15 is 0 Å². The minimum absolute atomic E-state index is 0.170. The van der Waals surface area contributed by atoms with Crippen molar-refractivity contribution in [2.75, 3.05) is 0 Å². The van der Waals surface area contributed by atoms with Crippen molar-refractivity contribution < 1.29 is 4.79 Å². The first-order valence-corrected chi connectivity index (χ1v) is 8.42. The molecule has 0 aromatic rings. The Hall–Kier alpha value is -1.11. The van der Waals surface area contributed by atoms with Crippen molar-refractivity contribution in [2.24, 2.45) is 11.8 Å². The van der Waals surface area contributed by atoms with Gasteiger partial charge in [-0.2, -0.15) is 0 Å². The third-order valence-corrected chi connectivity index (χ3v) is 4.47. The van der Waals surface area contributed by atoms with E-state index in [4.69, 9.17) is 0 Å². The van der Waals surface area contributed by atoms with Gasteiger partial charge in [0.15, 0.2) is 5.78 Å². The van der Waals surface area contributed by atoms with Gasteiger partial charge in [-0.05, 0) is 71.3 Å². The van der Waals surface area contributed by atoms with Gasteiger partial charge in [-0.25, -0.2) is 0 Å². The molecule has 0 radical (unpaired) electrons. The molecular weight excluding hydrogens is 256 g/mol. The second kappa shape index (κ2) is 9.02. The second-order valence-electron chi connectivity index (χ2n) is 6.96. The quantitative estimate of drug-likeness (QED) is 0.539. The molecule has 0 saturated carbocycles. The molecule has 1 aliphatic rings. The van der Waals surface area contributed by atoms with Crippen molar-refractivity contribution in [3.8, 4) is 0 Å². The standard InChI is InChI=1S/C20H32O/c1-15(2)19-13-12-17(4)10-6-8-16(3)9-7-11-18(5)14-20(19)21/h9-10,14-15,19H,6-8,11-13H2,1-5H3/b16-9+,17-10+,18-14-/t19-/m0/s1. The van der Waals surface area contributed by atoms with Gasteiger partial charge in [-0.15, -0.1) is 0 Å². The van der Waals surface area contributed by atoms with Crippen LogP contribution in [-0.2, 0) is 4.79 Å². The number of rotatable bonds is 1. The van der Waals surface area contributed by atoms with Crippen molar-refractivity contribution in [1.82, 2.24) is 0 Å². The maximum Gasteiger partial charge on any atom is 0.158 e. The van der Waals surface area contributed by atoms with Crippen LogP contribution in [-0.4, -0.2) is 5.78 Å². The van der Waals surface area contributed by atoms with Gasteiger partial charge in [0.05, 0.1) is 0 Å². The highest BCUT2D eigenvalue weighted by atomic mass is 16.1. The SMILES string of the molecule is C/C1=C/C(=O)[C@H](C(C)C)CC/C(C)=C/CC/C(C)=C/CC1. The van der Waals surface area contributed by atoms with Crippen LogP contribution in [0.2, 0.25) is 0 Å². The molecule has 0 N–H and O–H groups in total. The fourth-order valence-electron chi connectivity index (χ4n) is 2.91. The van der Waals surface area contributed by atoms with E-state index < -0.39 is 0 Å². The summed E-state index contributed by atoms with van der Waals surface area (Å²) >= 11 is 0. The summed E-state index contributed by atoms with van der Waals surface area (Å²) in [6, 6.07) is 0. The van der Waals surface area contributed by atoms with Crippen LogP contribution in [0.4, 0.5) is 0 Å². The molecule has 0 aromatic heterocycles. The number of allylic oxidation sites excluding steroid dienone is 6. The summed E-state index contributed by atoms with van der Waals surface area (Å²) < 4.78 is 0. The molecule has 118 valence electrons. The highest BCUT2D eigenvalue weighted by Gasteiger charge is 2.20. The lowest BCUT2D eigenvalue weighted by Gasteiger charge is -2.19. The third-order valence-electron chi connectivity index (χ3n) is 4.47. The summed E-state index contributed by atoms with van der Waals surface area (Å²) in [5, 5.41) is 0. The Morgan fingerprint density at radius 3 is 2.00 bits per heavy atom. The van der Waals surface area contributed by atoms with Gasteiger partial charge in [0.1, 0.15) is 0 Å². The van der Waals surface area contributed by atoms with Crippen LogP contribution in [0.5, 0.6) is 0 Å². The van der Waals surface area contributed by atoms with E-state index in [1.807, 2.05) is 6.08 Å². The zero-order valence-electron chi connectivity index (χ0n) is 14.5. The lowest BCUT2D eigenvalue weighted by Crippen LogP contribution is -2.19. The molecule has 1 rings (SSSR count). The zero-order chi connectivity index (χ0) is 15.8. The Morgan fingerprint density at radius 2 is 1.43 bits per heavy atom. The van der Waals surface area contributed by atoms with E-state index in [1.165, 1.54) is 16.7 Å². The van der Waals surface area contributed by atoms with Crippen LogP contribution in [0.1, 0.15) is 73.1 Å². The summed E-state index contributed by atoms with van der Waals surface area (Å²) in [5.41, 5.74) is 4.12. The molecule has 0 fully saturated rings. The highest BCUT2D eigenvalue weighted by molar-refractivity contribution is 5.92. The van der Waals surface area contributed by atoms with Crippen LogP contribution in [0, 0.1) is 11.8 Å². The number of hydrogen-bond donors (Lipinski definition) is 0. The normalized spacial score (nSPS) is 30.7. The Morgan fingerprint density at radius 1 is 0.905 bits per heavy atom. The van der Waals surface area contributed by atoms with Gasteiger partial charge in [-0.1, -0.05) is 42.7 Å². The molecule has 1 aliphatic carbocycles. The maximum atomic E-state index is 12.5. The van der Waals surface area contributed by atoms with Crippen LogP contribution in [0.15, 0.2) is 34.9 Å². The lowest BCUT2D eigenvalue weighted by molar-refractivity contribution is -0.119. The predicted octanol–water partition coefficient (Wildman–Crippen LogP) is 6.02. The largest absolute Gasteiger partial charge is 0.295 e. The van der Waals surface area contributed by atoms with E-state index in [0.717, 1.165) is 38.5 Å². The minimum atomic E-state index is 0.170. The first-order valence-electron chi connectivity index (χ1n) is 8.42. The number of carbonyl (C=O) groups excluding carboxylic acids is 1. The Bertz CT molecular complexity index is 435. The van der Waals surface area contributed by atoms with E-state index in [1.54, 1.807) is 0 Å². The maximum absolute atomic E-state index is 12.5. The molecule has 0 aromatic carbocycles. The average Bonchev–Trinajstić information content (AvgIpc) is 2.37. The lowest BCUT2D eigenvalue weighted by atomic mass is 9.85. The van der Waals surface area contributed by atoms with Crippen molar-refractivity contribution in [1.29, 1.82) is 0 Å². The first-order chi connectivity index (χ1) is 9.90. The molecule has 0 spiro atoms. The Labute approximate surface area is 131 Å². The van der Waals surface area contributed by atoms with Crippen LogP contribution in [0.3, 0.4) is 0 Å². The molecule has 21 heavy (non-hydrogen) atoms. The third kappa shape index (κ3) is 6.93. The molecule has 0 aliphatic heterocycles. The monoisotopic (exact) mass is 288 g/mol. The van der Waals surface area contributed by atoms with Crippen LogP contribution < -0.4 is 0 Å². The number of ketones is 1. The van der Waals surface area contributed by atoms with E-state index in [-0.39, 0.29) is 5.92 Å². The van der Waals surface area contributed by atoms with Gasteiger partial charge in [0, 0.05) is 5.92 Å². The summed E-state index contributed by atoms with van der Waals surface area (Å²) in [5.74, 6) is 0.918. The van der Waals surface area contributed by atoms with Crippen molar-refractivity contribution in [3.05, 3.63) is 34.9 Å². The topological polar surface area (TPSA) is 17.1 Å². The molecule has 0 unspecified atom stereocenters. The Kier molecular flexibility index (Phi) is 7.71. The first kappa shape index (κ1) is 17.9. The molecule has 1 heteroatoms. The molecule has 1 nitrogen and oxygen atoms in total. The molecule has 0 heterocycles. The van der Waals surface area contributed by atoms with Crippen molar-refractivity contribution in [3.63, 3.8) is 0 Å². The predicted molar refractivity (Wildman–Crippen MR) is 92.3 cm³/mol. The highest BCUT2D eigenvalue weighted by Crippen LogP contribution is 2.23. The second-order valence-corrected chi connectivity index (χ2v) is 6.96. The summed E-state index contributed by atoms with van der Waals surface area (Å²) in [4.78, 5) is 12.5. The van der Waals surface area contributed by atoms with E-state index in [9.17, 15) is 4.79 Å². The minimum Gasteiger partial charge on any atom is -0.295 e.